The van der Waals surface area contributed by atoms with Crippen molar-refractivity contribution in [2.24, 2.45) is 0 Å². The van der Waals surface area contributed by atoms with E-state index in [1.807, 2.05) is 0 Å². The normalized spacial score (nSPS) is 11.0. The van der Waals surface area contributed by atoms with Crippen LogP contribution in [-0.4, -0.2) is 44.6 Å². The predicted molar refractivity (Wildman–Crippen MR) is 83.1 cm³/mol. The molecule has 20 heavy (non-hydrogen) atoms. The van der Waals surface area contributed by atoms with Crippen LogP contribution < -0.4 is 29.3 Å². The topological polar surface area (TPSA) is 29.1 Å². The van der Waals surface area contributed by atoms with Gasteiger partial charge in [-0.1, -0.05) is 45.4 Å². The molecule has 0 aromatic carbocycles. The fourth-order valence-corrected chi connectivity index (χ4v) is 2.11. The van der Waals surface area contributed by atoms with Crippen molar-refractivity contribution in [2.75, 3.05) is 34.2 Å². The first-order valence-corrected chi connectivity index (χ1v) is 8.03. The fraction of sp³-hybridized carbons (Fsp3) is 0.938. The Hall–Kier alpha value is 0.160. The summed E-state index contributed by atoms with van der Waals surface area (Å²) in [7, 11) is 6.54. The molecule has 3 nitrogen and oxygen atoms in total. The Balaban J connectivity index is 0. The van der Waals surface area contributed by atoms with Gasteiger partial charge in [0.05, 0.1) is 27.7 Å². The lowest BCUT2D eigenvalue weighted by Gasteiger charge is -2.23. The summed E-state index contributed by atoms with van der Waals surface area (Å²) in [4.78, 5) is 11.6. The SMILES string of the molecule is CCCCCCCCCC(=O)NCCC[N+](C)(C)C.[I-]. The molecule has 0 heterocycles. The van der Waals surface area contributed by atoms with Gasteiger partial charge in [-0.25, -0.2) is 0 Å². The van der Waals surface area contributed by atoms with E-state index in [-0.39, 0.29) is 29.9 Å². The molecule has 4 heteroatoms. The van der Waals surface area contributed by atoms with E-state index in [0.29, 0.717) is 6.42 Å². The summed E-state index contributed by atoms with van der Waals surface area (Å²) >= 11 is 0. The zero-order chi connectivity index (χ0) is 14.6. The van der Waals surface area contributed by atoms with Gasteiger partial charge in [0.25, 0.3) is 0 Å². The predicted octanol–water partition coefficient (Wildman–Crippen LogP) is 0.344. The highest BCUT2D eigenvalue weighted by molar-refractivity contribution is 5.75. The van der Waals surface area contributed by atoms with E-state index in [2.05, 4.69) is 33.4 Å². The molecular formula is C16H35IN2O. The number of hydrogen-bond acceptors (Lipinski definition) is 1. The van der Waals surface area contributed by atoms with Crippen LogP contribution in [0.1, 0.15) is 64.7 Å². The van der Waals surface area contributed by atoms with Crippen molar-refractivity contribution in [3.63, 3.8) is 0 Å². The maximum absolute atomic E-state index is 11.6. The highest BCUT2D eigenvalue weighted by Crippen LogP contribution is 2.08. The molecule has 0 unspecified atom stereocenters. The van der Waals surface area contributed by atoms with Crippen molar-refractivity contribution < 1.29 is 33.3 Å². The lowest BCUT2D eigenvalue weighted by Crippen LogP contribution is -3.00. The van der Waals surface area contributed by atoms with Gasteiger partial charge in [0, 0.05) is 19.4 Å². The second-order valence-corrected chi connectivity index (χ2v) is 6.59. The van der Waals surface area contributed by atoms with Gasteiger partial charge in [0.1, 0.15) is 0 Å². The molecule has 0 spiro atoms. The third kappa shape index (κ3) is 18.2. The minimum Gasteiger partial charge on any atom is -1.00 e. The Bertz CT molecular complexity index is 227. The van der Waals surface area contributed by atoms with Crippen molar-refractivity contribution in [3.05, 3.63) is 0 Å². The van der Waals surface area contributed by atoms with Gasteiger partial charge in [0.15, 0.2) is 0 Å². The van der Waals surface area contributed by atoms with Crippen LogP contribution in [0.2, 0.25) is 0 Å². The third-order valence-corrected chi connectivity index (χ3v) is 3.34. The Morgan fingerprint density at radius 1 is 0.900 bits per heavy atom. The maximum atomic E-state index is 11.6. The quantitative estimate of drug-likeness (QED) is 0.287. The number of nitrogens with zero attached hydrogens (tertiary/aromatic N) is 1. The van der Waals surface area contributed by atoms with Crippen LogP contribution in [0.4, 0.5) is 0 Å². The second kappa shape index (κ2) is 14.1. The number of rotatable bonds is 12. The molecular weight excluding hydrogens is 363 g/mol. The number of carbonyl (C=O) groups is 1. The zero-order valence-electron chi connectivity index (χ0n) is 14.0. The number of hydrogen-bond donors (Lipinski definition) is 1. The average molecular weight is 398 g/mol. The molecule has 0 fully saturated rings. The molecule has 122 valence electrons. The highest BCUT2D eigenvalue weighted by Gasteiger charge is 2.06. The summed E-state index contributed by atoms with van der Waals surface area (Å²) in [5.74, 6) is 0.231. The maximum Gasteiger partial charge on any atom is 0.219 e. The van der Waals surface area contributed by atoms with Crippen molar-refractivity contribution in [1.82, 2.24) is 5.32 Å². The molecule has 1 N–H and O–H groups in total. The van der Waals surface area contributed by atoms with Crippen LogP contribution in [0.25, 0.3) is 0 Å². The van der Waals surface area contributed by atoms with Crippen LogP contribution in [-0.2, 0) is 4.79 Å². The number of halogens is 1. The van der Waals surface area contributed by atoms with Crippen LogP contribution in [0.5, 0.6) is 0 Å². The molecule has 0 bridgehead atoms. The van der Waals surface area contributed by atoms with E-state index in [1.165, 1.54) is 38.5 Å². The number of unbranched alkanes of at least 4 members (excludes halogenated alkanes) is 6. The average Bonchev–Trinajstić information content (AvgIpc) is 2.32. The lowest BCUT2D eigenvalue weighted by molar-refractivity contribution is -0.870. The summed E-state index contributed by atoms with van der Waals surface area (Å²) < 4.78 is 0.966. The van der Waals surface area contributed by atoms with Gasteiger partial charge in [0.2, 0.25) is 5.91 Å². The first kappa shape index (κ1) is 22.4. The zero-order valence-corrected chi connectivity index (χ0v) is 16.2. The summed E-state index contributed by atoms with van der Waals surface area (Å²) in [5.41, 5.74) is 0. The van der Waals surface area contributed by atoms with Gasteiger partial charge in [-0.2, -0.15) is 0 Å². The van der Waals surface area contributed by atoms with Gasteiger partial charge in [-0.3, -0.25) is 4.79 Å². The summed E-state index contributed by atoms with van der Waals surface area (Å²) in [6.07, 6.45) is 10.7. The van der Waals surface area contributed by atoms with Crippen LogP contribution in [0.15, 0.2) is 0 Å². The lowest BCUT2D eigenvalue weighted by atomic mass is 10.1. The summed E-state index contributed by atoms with van der Waals surface area (Å²) in [6.45, 7) is 4.17. The molecule has 0 saturated carbocycles. The molecule has 0 saturated heterocycles. The molecule has 1 amide bonds. The largest absolute Gasteiger partial charge is 1.00 e. The number of amides is 1. The van der Waals surface area contributed by atoms with E-state index in [4.69, 9.17) is 0 Å². The van der Waals surface area contributed by atoms with Gasteiger partial charge in [-0.15, -0.1) is 0 Å². The van der Waals surface area contributed by atoms with E-state index < -0.39 is 0 Å². The Kier molecular flexibility index (Phi) is 15.8. The first-order chi connectivity index (χ1) is 8.95. The number of nitrogens with one attached hydrogen (secondary N) is 1. The monoisotopic (exact) mass is 398 g/mol. The molecule has 0 rings (SSSR count). The summed E-state index contributed by atoms with van der Waals surface area (Å²) in [5, 5.41) is 3.02. The van der Waals surface area contributed by atoms with Crippen molar-refractivity contribution >= 4 is 5.91 Å². The fourth-order valence-electron chi connectivity index (χ4n) is 2.11. The third-order valence-electron chi connectivity index (χ3n) is 3.34. The Labute approximate surface area is 143 Å². The van der Waals surface area contributed by atoms with Crippen molar-refractivity contribution in [1.29, 1.82) is 0 Å². The van der Waals surface area contributed by atoms with Crippen molar-refractivity contribution in [3.8, 4) is 0 Å². The highest BCUT2D eigenvalue weighted by atomic mass is 127. The van der Waals surface area contributed by atoms with E-state index in [1.54, 1.807) is 0 Å². The van der Waals surface area contributed by atoms with E-state index in [0.717, 1.165) is 30.4 Å². The molecule has 0 aromatic rings. The number of quaternary nitrogens is 1. The Morgan fingerprint density at radius 2 is 1.45 bits per heavy atom. The van der Waals surface area contributed by atoms with Crippen LogP contribution in [0, 0.1) is 0 Å². The Morgan fingerprint density at radius 3 is 2.00 bits per heavy atom. The van der Waals surface area contributed by atoms with Gasteiger partial charge < -0.3 is 33.8 Å². The van der Waals surface area contributed by atoms with Gasteiger partial charge >= 0.3 is 0 Å². The molecule has 0 aliphatic carbocycles. The second-order valence-electron chi connectivity index (χ2n) is 6.59. The molecule has 0 atom stereocenters. The minimum atomic E-state index is 0. The first-order valence-electron chi connectivity index (χ1n) is 8.03. The van der Waals surface area contributed by atoms with Crippen molar-refractivity contribution in [2.45, 2.75) is 64.7 Å². The summed E-state index contributed by atoms with van der Waals surface area (Å²) in [6, 6.07) is 0. The van der Waals surface area contributed by atoms with E-state index >= 15 is 0 Å². The number of carbonyl (C=O) groups excluding carboxylic acids is 1. The molecule has 0 aliphatic heterocycles. The van der Waals surface area contributed by atoms with Gasteiger partial charge in [-0.05, 0) is 6.42 Å². The smallest absolute Gasteiger partial charge is 0.219 e. The molecule has 0 aliphatic rings. The minimum absolute atomic E-state index is 0. The molecule has 0 radical (unpaired) electrons. The van der Waals surface area contributed by atoms with Crippen LogP contribution in [0.3, 0.4) is 0 Å². The standard InChI is InChI=1S/C16H34N2O.HI/c1-5-6-7-8-9-10-11-13-16(19)17-14-12-15-18(2,3)4;/h5-15H2,1-4H3;1H. The van der Waals surface area contributed by atoms with E-state index in [9.17, 15) is 4.79 Å². The van der Waals surface area contributed by atoms with Crippen LogP contribution >= 0.6 is 0 Å². The molecule has 0 aromatic heterocycles.